The van der Waals surface area contributed by atoms with E-state index in [1.54, 1.807) is 0 Å². The van der Waals surface area contributed by atoms with Crippen LogP contribution < -0.4 is 4.90 Å². The van der Waals surface area contributed by atoms with Crippen molar-refractivity contribution < 1.29 is 0 Å². The summed E-state index contributed by atoms with van der Waals surface area (Å²) in [5, 5.41) is 2.50. The number of anilines is 3. The maximum absolute atomic E-state index is 2.45. The van der Waals surface area contributed by atoms with E-state index in [0.717, 1.165) is 24.2 Å². The summed E-state index contributed by atoms with van der Waals surface area (Å²) in [5.74, 6) is 0. The molecule has 0 amide bonds. The topological polar surface area (TPSA) is 3.24 Å². The molecule has 0 saturated carbocycles. The van der Waals surface area contributed by atoms with Crippen molar-refractivity contribution in [1.82, 2.24) is 0 Å². The molecule has 1 heteroatoms. The largest absolute Gasteiger partial charge is 0.310 e. The lowest BCUT2D eigenvalue weighted by Crippen LogP contribution is -2.27. The molecule has 0 N–H and O–H groups in total. The van der Waals surface area contributed by atoms with Crippen LogP contribution in [0.25, 0.3) is 27.5 Å². The lowest BCUT2D eigenvalue weighted by atomic mass is 9.69. The normalized spacial score (nSPS) is 17.7. The maximum atomic E-state index is 2.45. The number of benzene rings is 6. The first-order valence-electron chi connectivity index (χ1n) is 14.9. The summed E-state index contributed by atoms with van der Waals surface area (Å²) in [4.78, 5) is 2.45. The molecular weight excluding hydrogens is 506 g/mol. The minimum Gasteiger partial charge on any atom is -0.310 e. The predicted molar refractivity (Wildman–Crippen MR) is 176 cm³/mol. The number of hydrogen-bond donors (Lipinski definition) is 0. The van der Waals surface area contributed by atoms with E-state index >= 15 is 0 Å². The second-order valence-corrected chi connectivity index (χ2v) is 11.6. The van der Waals surface area contributed by atoms with E-state index in [4.69, 9.17) is 0 Å². The zero-order valence-corrected chi connectivity index (χ0v) is 23.3. The monoisotopic (exact) mass is 535 g/mol. The summed E-state index contributed by atoms with van der Waals surface area (Å²) in [6.07, 6.45) is 6.99. The van der Waals surface area contributed by atoms with E-state index in [0.29, 0.717) is 0 Å². The van der Waals surface area contributed by atoms with Crippen molar-refractivity contribution in [3.8, 4) is 11.1 Å². The summed E-state index contributed by atoms with van der Waals surface area (Å²) in [6, 6.07) is 51.5. The van der Waals surface area contributed by atoms with E-state index in [1.807, 2.05) is 0 Å². The minimum absolute atomic E-state index is 0.309. The molecule has 0 saturated heterocycles. The van der Waals surface area contributed by atoms with Gasteiger partial charge in [-0.05, 0) is 92.9 Å². The highest BCUT2D eigenvalue weighted by atomic mass is 15.1. The predicted octanol–water partition coefficient (Wildman–Crippen LogP) is 10.7. The van der Waals surface area contributed by atoms with Crippen molar-refractivity contribution in [2.45, 2.75) is 18.3 Å². The van der Waals surface area contributed by atoms with E-state index in [2.05, 4.69) is 157 Å². The van der Waals surface area contributed by atoms with Gasteiger partial charge in [0.1, 0.15) is 0 Å². The number of rotatable bonds is 3. The summed E-state index contributed by atoms with van der Waals surface area (Å²) >= 11 is 0. The van der Waals surface area contributed by atoms with Crippen LogP contribution in [0.15, 0.2) is 157 Å². The highest BCUT2D eigenvalue weighted by Gasteiger charge is 2.53. The van der Waals surface area contributed by atoms with Crippen LogP contribution in [0.1, 0.15) is 35.1 Å². The van der Waals surface area contributed by atoms with Gasteiger partial charge >= 0.3 is 0 Å². The van der Waals surface area contributed by atoms with E-state index in [1.165, 1.54) is 61.0 Å². The average Bonchev–Trinajstić information content (AvgIpc) is 3.53. The minimum atomic E-state index is -0.309. The molecule has 1 atom stereocenters. The van der Waals surface area contributed by atoms with E-state index < -0.39 is 0 Å². The van der Waals surface area contributed by atoms with Crippen LogP contribution in [0.4, 0.5) is 17.1 Å². The van der Waals surface area contributed by atoms with Gasteiger partial charge in [-0.25, -0.2) is 0 Å². The van der Waals surface area contributed by atoms with Gasteiger partial charge in [0.2, 0.25) is 0 Å². The molecule has 6 aromatic rings. The third kappa shape index (κ3) is 3.08. The van der Waals surface area contributed by atoms with Crippen LogP contribution in [0.5, 0.6) is 0 Å². The van der Waals surface area contributed by atoms with Crippen LogP contribution in [-0.2, 0) is 5.41 Å². The summed E-state index contributed by atoms with van der Waals surface area (Å²) in [6.45, 7) is 0. The molecule has 1 unspecified atom stereocenters. The molecule has 0 fully saturated rings. The second-order valence-electron chi connectivity index (χ2n) is 11.6. The third-order valence-electron chi connectivity index (χ3n) is 9.52. The first-order chi connectivity index (χ1) is 20.9. The van der Waals surface area contributed by atoms with Gasteiger partial charge < -0.3 is 4.90 Å². The molecule has 0 radical (unpaired) electrons. The molecule has 0 heterocycles. The number of fused-ring (bicyclic) bond motifs is 10. The summed E-state index contributed by atoms with van der Waals surface area (Å²) in [7, 11) is 0. The van der Waals surface area contributed by atoms with Gasteiger partial charge in [-0.3, -0.25) is 0 Å². The van der Waals surface area contributed by atoms with E-state index in [9.17, 15) is 0 Å². The first kappa shape index (κ1) is 23.6. The maximum Gasteiger partial charge on any atom is 0.0722 e. The van der Waals surface area contributed by atoms with Crippen molar-refractivity contribution in [2.75, 3.05) is 4.90 Å². The molecule has 42 heavy (non-hydrogen) atoms. The Labute approximate surface area is 246 Å². The molecule has 0 aromatic heterocycles. The molecule has 1 nitrogen and oxygen atoms in total. The fourth-order valence-corrected chi connectivity index (χ4v) is 7.91. The molecular formula is C41H29N. The zero-order chi connectivity index (χ0) is 27.7. The fourth-order valence-electron chi connectivity index (χ4n) is 7.91. The van der Waals surface area contributed by atoms with Crippen LogP contribution in [0, 0.1) is 0 Å². The Morgan fingerprint density at radius 1 is 0.524 bits per heavy atom. The Morgan fingerprint density at radius 3 is 2.07 bits per heavy atom. The standard InChI is InChI=1S/C41H29N/c1-2-15-30(16-3-1)42(31-26-25-28-13-4-5-14-29(28)27-31)39-24-12-23-38-40(39)34-19-8-11-22-37(34)41(38)35-20-9-6-17-32(35)33-18-7-10-21-36(33)41/h1-6,8-17,19-27H,7,18H2. The van der Waals surface area contributed by atoms with Crippen LogP contribution in [0.3, 0.4) is 0 Å². The van der Waals surface area contributed by atoms with Crippen molar-refractivity contribution in [2.24, 2.45) is 0 Å². The Balaban J connectivity index is 1.38. The van der Waals surface area contributed by atoms with Crippen molar-refractivity contribution in [3.05, 3.63) is 180 Å². The van der Waals surface area contributed by atoms with Gasteiger partial charge in [0.25, 0.3) is 0 Å². The highest BCUT2D eigenvalue weighted by molar-refractivity contribution is 6.02. The Kier molecular flexibility index (Phi) is 5.01. The van der Waals surface area contributed by atoms with Crippen LogP contribution in [0.2, 0.25) is 0 Å². The number of para-hydroxylation sites is 1. The number of allylic oxidation sites excluding steroid dienone is 4. The second kappa shape index (κ2) is 8.93. The first-order valence-corrected chi connectivity index (χ1v) is 14.9. The number of hydrogen-bond acceptors (Lipinski definition) is 1. The number of nitrogens with zero attached hydrogens (tertiary/aromatic N) is 1. The van der Waals surface area contributed by atoms with Crippen LogP contribution >= 0.6 is 0 Å². The van der Waals surface area contributed by atoms with E-state index in [-0.39, 0.29) is 5.41 Å². The molecule has 1 spiro atoms. The Morgan fingerprint density at radius 2 is 1.21 bits per heavy atom. The fraction of sp³-hybridized carbons (Fsp3) is 0.0732. The molecule has 3 aliphatic rings. The van der Waals surface area contributed by atoms with Crippen LogP contribution in [-0.4, -0.2) is 0 Å². The third-order valence-corrected chi connectivity index (χ3v) is 9.52. The van der Waals surface area contributed by atoms with Gasteiger partial charge in [-0.2, -0.15) is 0 Å². The zero-order valence-electron chi connectivity index (χ0n) is 23.3. The van der Waals surface area contributed by atoms with Gasteiger partial charge in [0.15, 0.2) is 0 Å². The molecule has 198 valence electrons. The Bertz CT molecular complexity index is 2100. The highest BCUT2D eigenvalue weighted by Crippen LogP contribution is 2.65. The molecule has 6 aromatic carbocycles. The van der Waals surface area contributed by atoms with Gasteiger partial charge in [0, 0.05) is 16.9 Å². The van der Waals surface area contributed by atoms with Gasteiger partial charge in [0.05, 0.1) is 11.1 Å². The molecule has 0 aliphatic heterocycles. The van der Waals surface area contributed by atoms with Gasteiger partial charge in [-0.1, -0.05) is 121 Å². The summed E-state index contributed by atoms with van der Waals surface area (Å²) in [5.41, 5.74) is 14.4. The lowest BCUT2D eigenvalue weighted by Gasteiger charge is -2.33. The lowest BCUT2D eigenvalue weighted by molar-refractivity contribution is 0.780. The van der Waals surface area contributed by atoms with Crippen molar-refractivity contribution >= 4 is 33.4 Å². The molecule has 0 bridgehead atoms. The SMILES string of the molecule is C1=CC2=C(CC1)c1ccccc1C21c2ccccc2-c2c(N(c3ccccc3)c3ccc4ccccc4c3)cccc21. The molecule has 3 aliphatic carbocycles. The Hall–Kier alpha value is -5.14. The van der Waals surface area contributed by atoms with Gasteiger partial charge in [-0.15, -0.1) is 0 Å². The quantitative estimate of drug-likeness (QED) is 0.218. The van der Waals surface area contributed by atoms with Crippen molar-refractivity contribution in [3.63, 3.8) is 0 Å². The molecule has 9 rings (SSSR count). The smallest absolute Gasteiger partial charge is 0.0722 e. The van der Waals surface area contributed by atoms with Crippen molar-refractivity contribution in [1.29, 1.82) is 0 Å². The summed E-state index contributed by atoms with van der Waals surface area (Å²) < 4.78 is 0. The average molecular weight is 536 g/mol.